The molecule has 1 saturated heterocycles. The number of nitrogens with two attached hydrogens (primary N) is 1. The third kappa shape index (κ3) is 3.26. The van der Waals surface area contributed by atoms with Gasteiger partial charge in [-0.05, 0) is 51.0 Å². The highest BCUT2D eigenvalue weighted by molar-refractivity contribution is 5.88. The maximum absolute atomic E-state index is 12.0. The Hall–Kier alpha value is -1.55. The van der Waals surface area contributed by atoms with Crippen molar-refractivity contribution in [1.82, 2.24) is 0 Å². The zero-order valence-corrected chi connectivity index (χ0v) is 11.6. The fourth-order valence-corrected chi connectivity index (χ4v) is 2.58. The summed E-state index contributed by atoms with van der Waals surface area (Å²) in [5.41, 5.74) is 6.36. The molecular formula is C15H22N2O2. The van der Waals surface area contributed by atoms with Crippen LogP contribution in [0.3, 0.4) is 0 Å². The number of nitrogens with zero attached hydrogens (tertiary/aromatic N) is 1. The number of anilines is 2. The van der Waals surface area contributed by atoms with Crippen molar-refractivity contribution in [1.29, 1.82) is 0 Å². The lowest BCUT2D eigenvalue weighted by Gasteiger charge is -2.34. The summed E-state index contributed by atoms with van der Waals surface area (Å²) in [4.78, 5) is 14.3. The summed E-state index contributed by atoms with van der Waals surface area (Å²) in [6, 6.07) is 7.80. The lowest BCUT2D eigenvalue weighted by molar-refractivity contribution is -0.139. The van der Waals surface area contributed by atoms with Crippen molar-refractivity contribution in [3.05, 3.63) is 24.3 Å². The zero-order chi connectivity index (χ0) is 14.0. The second-order valence-corrected chi connectivity index (χ2v) is 5.78. The fraction of sp³-hybridized carbons (Fsp3) is 0.533. The number of ketones is 1. The first kappa shape index (κ1) is 13.9. The predicted molar refractivity (Wildman–Crippen MR) is 77.1 cm³/mol. The van der Waals surface area contributed by atoms with Crippen LogP contribution in [0.15, 0.2) is 24.3 Å². The maximum Gasteiger partial charge on any atom is 0.166 e. The van der Waals surface area contributed by atoms with Crippen LogP contribution < -0.4 is 10.6 Å². The molecule has 1 aliphatic rings. The number of rotatable bonds is 3. The summed E-state index contributed by atoms with van der Waals surface area (Å²) in [7, 11) is 0. The van der Waals surface area contributed by atoms with Gasteiger partial charge in [0.1, 0.15) is 5.60 Å². The number of hydrogen-bond donors (Lipinski definition) is 2. The summed E-state index contributed by atoms with van der Waals surface area (Å²) in [5.74, 6) is -0.0607. The third-order valence-electron chi connectivity index (χ3n) is 3.73. The van der Waals surface area contributed by atoms with Crippen LogP contribution in [0.5, 0.6) is 0 Å². The minimum atomic E-state index is -1.21. The van der Waals surface area contributed by atoms with Crippen molar-refractivity contribution < 1.29 is 9.90 Å². The van der Waals surface area contributed by atoms with Crippen molar-refractivity contribution >= 4 is 17.2 Å². The molecule has 3 N–H and O–H groups in total. The quantitative estimate of drug-likeness (QED) is 0.816. The molecule has 0 unspecified atom stereocenters. The largest absolute Gasteiger partial charge is 0.399 e. The average molecular weight is 262 g/mol. The summed E-state index contributed by atoms with van der Waals surface area (Å²) < 4.78 is 0. The Morgan fingerprint density at radius 1 is 1.26 bits per heavy atom. The molecule has 0 aliphatic carbocycles. The highest BCUT2D eigenvalue weighted by atomic mass is 16.3. The molecule has 0 radical (unpaired) electrons. The van der Waals surface area contributed by atoms with Crippen molar-refractivity contribution in [2.24, 2.45) is 5.92 Å². The second kappa shape index (κ2) is 5.21. The number of Topliss-reactive ketones (excluding diaryl/α,β-unsaturated/α-hetero) is 1. The molecule has 4 heteroatoms. The van der Waals surface area contributed by atoms with Gasteiger partial charge < -0.3 is 15.7 Å². The van der Waals surface area contributed by atoms with E-state index in [-0.39, 0.29) is 11.7 Å². The minimum Gasteiger partial charge on any atom is -0.399 e. The molecule has 19 heavy (non-hydrogen) atoms. The number of aliphatic hydroxyl groups is 1. The number of hydrogen-bond acceptors (Lipinski definition) is 4. The summed E-state index contributed by atoms with van der Waals surface area (Å²) in [6.45, 7) is 4.83. The molecule has 1 fully saturated rings. The molecular weight excluding hydrogens is 240 g/mol. The number of carbonyl (C=O) groups excluding carboxylic acids is 1. The topological polar surface area (TPSA) is 66.6 Å². The highest BCUT2D eigenvalue weighted by Crippen LogP contribution is 2.26. The number of benzene rings is 1. The Labute approximate surface area is 114 Å². The first-order valence-electron chi connectivity index (χ1n) is 6.75. The van der Waals surface area contributed by atoms with Crippen molar-refractivity contribution in [2.45, 2.75) is 32.3 Å². The number of piperidine rings is 1. The molecule has 4 nitrogen and oxygen atoms in total. The molecule has 0 aromatic heterocycles. The lowest BCUT2D eigenvalue weighted by atomic mass is 9.85. The molecule has 0 spiro atoms. The average Bonchev–Trinajstić information content (AvgIpc) is 2.38. The van der Waals surface area contributed by atoms with Gasteiger partial charge in [0.25, 0.3) is 0 Å². The van der Waals surface area contributed by atoms with E-state index in [4.69, 9.17) is 5.73 Å². The minimum absolute atomic E-state index is 0.0231. The van der Waals surface area contributed by atoms with E-state index in [9.17, 15) is 9.90 Å². The van der Waals surface area contributed by atoms with Crippen LogP contribution in [0, 0.1) is 5.92 Å². The SMILES string of the molecule is CC(C)(O)C(=O)C1CCN(c2ccc(N)cc2)CC1. The lowest BCUT2D eigenvalue weighted by Crippen LogP contribution is -2.43. The molecule has 2 rings (SSSR count). The van der Waals surface area contributed by atoms with Gasteiger partial charge in [-0.15, -0.1) is 0 Å². The standard InChI is InChI=1S/C15H22N2O2/c1-15(2,19)14(18)11-7-9-17(10-8-11)13-5-3-12(16)4-6-13/h3-6,11,19H,7-10,16H2,1-2H3. The Balaban J connectivity index is 1.96. The molecule has 0 atom stereocenters. The summed E-state index contributed by atoms with van der Waals surface area (Å²) in [5, 5.41) is 9.77. The Morgan fingerprint density at radius 3 is 2.26 bits per heavy atom. The summed E-state index contributed by atoms with van der Waals surface area (Å²) >= 11 is 0. The number of nitrogen functional groups attached to an aromatic ring is 1. The van der Waals surface area contributed by atoms with Gasteiger partial charge in [-0.1, -0.05) is 0 Å². The monoisotopic (exact) mass is 262 g/mol. The van der Waals surface area contributed by atoms with E-state index in [0.717, 1.165) is 37.3 Å². The first-order chi connectivity index (χ1) is 8.88. The van der Waals surface area contributed by atoms with Gasteiger partial charge in [0, 0.05) is 30.4 Å². The van der Waals surface area contributed by atoms with Gasteiger partial charge in [-0.25, -0.2) is 0 Å². The van der Waals surface area contributed by atoms with E-state index in [2.05, 4.69) is 4.90 Å². The third-order valence-corrected chi connectivity index (χ3v) is 3.73. The van der Waals surface area contributed by atoms with Crippen LogP contribution in [0.1, 0.15) is 26.7 Å². The highest BCUT2D eigenvalue weighted by Gasteiger charge is 2.33. The van der Waals surface area contributed by atoms with Gasteiger partial charge >= 0.3 is 0 Å². The van der Waals surface area contributed by atoms with E-state index in [1.54, 1.807) is 13.8 Å². The first-order valence-corrected chi connectivity index (χ1v) is 6.75. The van der Waals surface area contributed by atoms with Crippen LogP contribution in [0.4, 0.5) is 11.4 Å². The van der Waals surface area contributed by atoms with E-state index in [1.165, 1.54) is 0 Å². The normalized spacial score (nSPS) is 17.5. The van der Waals surface area contributed by atoms with E-state index in [1.807, 2.05) is 24.3 Å². The van der Waals surface area contributed by atoms with Crippen LogP contribution in [-0.2, 0) is 4.79 Å². The van der Waals surface area contributed by atoms with Crippen molar-refractivity contribution in [2.75, 3.05) is 23.7 Å². The molecule has 1 aromatic carbocycles. The van der Waals surface area contributed by atoms with Crippen molar-refractivity contribution in [3.8, 4) is 0 Å². The molecule has 1 aromatic rings. The van der Waals surface area contributed by atoms with Crippen LogP contribution in [0.25, 0.3) is 0 Å². The van der Waals surface area contributed by atoms with E-state index >= 15 is 0 Å². The van der Waals surface area contributed by atoms with Crippen LogP contribution in [0.2, 0.25) is 0 Å². The fourth-order valence-electron chi connectivity index (χ4n) is 2.58. The van der Waals surface area contributed by atoms with Crippen LogP contribution >= 0.6 is 0 Å². The summed E-state index contributed by atoms with van der Waals surface area (Å²) in [6.07, 6.45) is 1.60. The molecule has 104 valence electrons. The van der Waals surface area contributed by atoms with Gasteiger partial charge in [-0.2, -0.15) is 0 Å². The van der Waals surface area contributed by atoms with Gasteiger partial charge in [0.2, 0.25) is 0 Å². The second-order valence-electron chi connectivity index (χ2n) is 5.78. The van der Waals surface area contributed by atoms with E-state index in [0.29, 0.717) is 0 Å². The Morgan fingerprint density at radius 2 is 1.79 bits per heavy atom. The molecule has 1 aliphatic heterocycles. The molecule has 0 amide bonds. The van der Waals surface area contributed by atoms with Gasteiger partial charge in [0.05, 0.1) is 0 Å². The maximum atomic E-state index is 12.0. The Kier molecular flexibility index (Phi) is 3.80. The predicted octanol–water partition coefficient (Wildman–Crippen LogP) is 1.83. The molecule has 0 bridgehead atoms. The van der Waals surface area contributed by atoms with Gasteiger partial charge in [-0.3, -0.25) is 4.79 Å². The van der Waals surface area contributed by atoms with Crippen molar-refractivity contribution in [3.63, 3.8) is 0 Å². The van der Waals surface area contributed by atoms with Gasteiger partial charge in [0.15, 0.2) is 5.78 Å². The zero-order valence-electron chi connectivity index (χ0n) is 11.6. The number of carbonyl (C=O) groups is 1. The molecule has 0 saturated carbocycles. The smallest absolute Gasteiger partial charge is 0.166 e. The van der Waals surface area contributed by atoms with Crippen LogP contribution in [-0.4, -0.2) is 29.6 Å². The van der Waals surface area contributed by atoms with E-state index < -0.39 is 5.60 Å². The Bertz CT molecular complexity index is 440. The molecule has 1 heterocycles.